The minimum atomic E-state index is -0.685. The zero-order valence-corrected chi connectivity index (χ0v) is 11.9. The van der Waals surface area contributed by atoms with Gasteiger partial charge in [0.05, 0.1) is 23.1 Å². The van der Waals surface area contributed by atoms with Crippen LogP contribution in [0.3, 0.4) is 0 Å². The zero-order chi connectivity index (χ0) is 15.1. The number of hydrogen-bond acceptors (Lipinski definition) is 8. The third kappa shape index (κ3) is 4.34. The second kappa shape index (κ2) is 8.04. The Morgan fingerprint density at radius 2 is 1.40 bits per heavy atom. The molecule has 0 aliphatic heterocycles. The lowest BCUT2D eigenvalue weighted by molar-refractivity contribution is -0.400. The molecule has 0 fully saturated rings. The monoisotopic (exact) mass is 320 g/mol. The topological polar surface area (TPSA) is 127 Å². The smallest absolute Gasteiger partial charge is 0.291 e. The molecule has 0 saturated carbocycles. The zero-order valence-electron chi connectivity index (χ0n) is 10.2. The Kier molecular flexibility index (Phi) is 6.71. The quantitative estimate of drug-likeness (QED) is 0.420. The van der Waals surface area contributed by atoms with Crippen molar-refractivity contribution in [3.05, 3.63) is 32.4 Å². The van der Waals surface area contributed by atoms with E-state index in [0.717, 1.165) is 23.5 Å². The Hall–Kier alpha value is -1.36. The molecule has 0 radical (unpaired) electrons. The summed E-state index contributed by atoms with van der Waals surface area (Å²) >= 11 is 1.97. The van der Waals surface area contributed by atoms with Crippen LogP contribution in [0.15, 0.2) is 21.9 Å². The van der Waals surface area contributed by atoms with E-state index < -0.39 is 9.85 Å². The number of benzene rings is 1. The fourth-order valence-electron chi connectivity index (χ4n) is 1.39. The Labute approximate surface area is 122 Å². The van der Waals surface area contributed by atoms with Gasteiger partial charge in [0, 0.05) is 28.5 Å². The maximum absolute atomic E-state index is 11.0. The maximum atomic E-state index is 11.0. The molecule has 0 atom stereocenters. The average molecular weight is 320 g/mol. The molecule has 1 aromatic carbocycles. The lowest BCUT2D eigenvalue weighted by atomic mass is 10.3. The number of nitro benzene ring substituents is 2. The van der Waals surface area contributed by atoms with Gasteiger partial charge < -0.3 is 10.2 Å². The van der Waals surface area contributed by atoms with Gasteiger partial charge in [0.2, 0.25) is 0 Å². The first-order valence-electron chi connectivity index (χ1n) is 5.45. The number of thioether (sulfide) groups is 2. The minimum absolute atomic E-state index is 0.0672. The fraction of sp³-hybridized carbons (Fsp3) is 0.400. The molecule has 0 aliphatic carbocycles. The minimum Gasteiger partial charge on any atom is -0.396 e. The molecule has 0 saturated heterocycles. The first kappa shape index (κ1) is 16.7. The maximum Gasteiger partial charge on any atom is 0.291 e. The number of rotatable bonds is 8. The molecule has 20 heavy (non-hydrogen) atoms. The summed E-state index contributed by atoms with van der Waals surface area (Å²) < 4.78 is 0. The molecule has 8 nitrogen and oxygen atoms in total. The summed E-state index contributed by atoms with van der Waals surface area (Å²) in [5, 5.41) is 39.6. The fourth-order valence-corrected chi connectivity index (χ4v) is 2.96. The van der Waals surface area contributed by atoms with Crippen LogP contribution in [0.25, 0.3) is 0 Å². The summed E-state index contributed by atoms with van der Waals surface area (Å²) in [7, 11) is 0. The second-order valence-electron chi connectivity index (χ2n) is 3.45. The molecule has 10 heteroatoms. The lowest BCUT2D eigenvalue weighted by Crippen LogP contribution is -1.99. The van der Waals surface area contributed by atoms with E-state index in [4.69, 9.17) is 10.2 Å². The summed E-state index contributed by atoms with van der Waals surface area (Å²) in [6.07, 6.45) is 0. The highest BCUT2D eigenvalue weighted by atomic mass is 32.2. The van der Waals surface area contributed by atoms with E-state index in [1.165, 1.54) is 12.1 Å². The van der Waals surface area contributed by atoms with Gasteiger partial charge in [-0.05, 0) is 0 Å². The van der Waals surface area contributed by atoms with E-state index in [9.17, 15) is 20.2 Å². The van der Waals surface area contributed by atoms with E-state index in [-0.39, 0.29) is 41.0 Å². The molecule has 0 aliphatic rings. The first-order valence-corrected chi connectivity index (χ1v) is 7.42. The van der Waals surface area contributed by atoms with Gasteiger partial charge in [-0.15, -0.1) is 23.5 Å². The van der Waals surface area contributed by atoms with Crippen molar-refractivity contribution in [1.82, 2.24) is 0 Å². The molecule has 0 spiro atoms. The summed E-state index contributed by atoms with van der Waals surface area (Å²) in [6.45, 7) is -0.368. The van der Waals surface area contributed by atoms with Crippen molar-refractivity contribution >= 4 is 34.9 Å². The number of nitrogens with zero attached hydrogens (tertiary/aromatic N) is 2. The van der Waals surface area contributed by atoms with Crippen molar-refractivity contribution < 1.29 is 20.1 Å². The Morgan fingerprint density at radius 1 is 0.950 bits per heavy atom. The highest BCUT2D eigenvalue weighted by Gasteiger charge is 2.27. The van der Waals surface area contributed by atoms with Crippen molar-refractivity contribution in [1.29, 1.82) is 0 Å². The van der Waals surface area contributed by atoms with Crippen LogP contribution in [0, 0.1) is 20.2 Å². The Balaban J connectivity index is 3.30. The highest BCUT2D eigenvalue weighted by Crippen LogP contribution is 2.40. The molecular weight excluding hydrogens is 308 g/mol. The molecule has 2 N–H and O–H groups in total. The molecule has 1 aromatic rings. The standard InChI is InChI=1S/C10H12N2O6S2/c13-1-3-19-7-5-8(11(15)16)10(20-4-2-14)9(6-7)12(17)18/h5-6,13-14H,1-4H2. The van der Waals surface area contributed by atoms with Crippen molar-refractivity contribution in [2.75, 3.05) is 24.7 Å². The third-order valence-corrected chi connectivity index (χ3v) is 4.16. The normalized spacial score (nSPS) is 10.5. The molecular formula is C10H12N2O6S2. The van der Waals surface area contributed by atoms with Gasteiger partial charge in [0.15, 0.2) is 4.90 Å². The van der Waals surface area contributed by atoms with Crippen LogP contribution in [0.1, 0.15) is 0 Å². The highest BCUT2D eigenvalue weighted by molar-refractivity contribution is 8.00. The van der Waals surface area contributed by atoms with Crippen molar-refractivity contribution in [3.8, 4) is 0 Å². The van der Waals surface area contributed by atoms with E-state index in [1.54, 1.807) is 0 Å². The van der Waals surface area contributed by atoms with E-state index in [2.05, 4.69) is 0 Å². The van der Waals surface area contributed by atoms with E-state index in [1.807, 2.05) is 0 Å². The van der Waals surface area contributed by atoms with Gasteiger partial charge >= 0.3 is 0 Å². The van der Waals surface area contributed by atoms with Gasteiger partial charge in [-0.3, -0.25) is 20.2 Å². The van der Waals surface area contributed by atoms with Crippen LogP contribution < -0.4 is 0 Å². The van der Waals surface area contributed by atoms with Gasteiger partial charge in [-0.2, -0.15) is 0 Å². The summed E-state index contributed by atoms with van der Waals surface area (Å²) in [6, 6.07) is 2.49. The number of aliphatic hydroxyl groups excluding tert-OH is 2. The van der Waals surface area contributed by atoms with Crippen molar-refractivity contribution in [3.63, 3.8) is 0 Å². The Bertz CT molecular complexity index is 476. The lowest BCUT2D eigenvalue weighted by Gasteiger charge is -2.06. The van der Waals surface area contributed by atoms with Gasteiger partial charge in [0.25, 0.3) is 11.4 Å². The third-order valence-electron chi connectivity index (χ3n) is 2.11. The Morgan fingerprint density at radius 3 is 1.80 bits per heavy atom. The molecule has 1 rings (SSSR count). The van der Waals surface area contributed by atoms with Gasteiger partial charge in [-0.25, -0.2) is 0 Å². The van der Waals surface area contributed by atoms with Crippen LogP contribution in [0.5, 0.6) is 0 Å². The van der Waals surface area contributed by atoms with E-state index >= 15 is 0 Å². The summed E-state index contributed by atoms with van der Waals surface area (Å²) in [4.78, 5) is 21.0. The number of hydrogen-bond donors (Lipinski definition) is 2. The number of nitro groups is 2. The summed E-state index contributed by atoms with van der Waals surface area (Å²) in [5.74, 6) is 0.419. The molecule has 0 aromatic heterocycles. The SMILES string of the molecule is O=[N+]([O-])c1cc(SCCO)cc([N+](=O)[O-])c1SCCO. The van der Waals surface area contributed by atoms with Crippen molar-refractivity contribution in [2.45, 2.75) is 9.79 Å². The van der Waals surface area contributed by atoms with Crippen LogP contribution >= 0.6 is 23.5 Å². The van der Waals surface area contributed by atoms with Crippen LogP contribution in [-0.4, -0.2) is 44.8 Å². The number of aliphatic hydroxyl groups is 2. The molecule has 110 valence electrons. The molecule has 0 bridgehead atoms. The average Bonchev–Trinajstić information content (AvgIpc) is 2.42. The molecule has 0 heterocycles. The van der Waals surface area contributed by atoms with Crippen LogP contribution in [0.2, 0.25) is 0 Å². The summed E-state index contributed by atoms with van der Waals surface area (Å²) in [5.41, 5.74) is -0.726. The molecule has 0 unspecified atom stereocenters. The largest absolute Gasteiger partial charge is 0.396 e. The first-order chi connectivity index (χ1) is 9.51. The van der Waals surface area contributed by atoms with Crippen LogP contribution in [-0.2, 0) is 0 Å². The second-order valence-corrected chi connectivity index (χ2v) is 5.72. The van der Waals surface area contributed by atoms with Gasteiger partial charge in [0.1, 0.15) is 0 Å². The van der Waals surface area contributed by atoms with Gasteiger partial charge in [-0.1, -0.05) is 0 Å². The molecule has 0 amide bonds. The van der Waals surface area contributed by atoms with Crippen LogP contribution in [0.4, 0.5) is 11.4 Å². The van der Waals surface area contributed by atoms with E-state index in [0.29, 0.717) is 4.90 Å². The predicted octanol–water partition coefficient (Wildman–Crippen LogP) is 1.67. The predicted molar refractivity (Wildman–Crippen MR) is 75.4 cm³/mol. The van der Waals surface area contributed by atoms with Crippen molar-refractivity contribution in [2.24, 2.45) is 0 Å².